The number of carbonyl (C=O) groups excluding carboxylic acids is 2. The van der Waals surface area contributed by atoms with E-state index >= 15 is 0 Å². The van der Waals surface area contributed by atoms with Gasteiger partial charge in [-0.15, -0.1) is 0 Å². The number of Topliss-reactive ketones (excluding diaryl/α,β-unsaturated/α-hetero) is 1. The number of nitro benzene ring substituents is 1. The Balaban J connectivity index is 1.86. The molecule has 2 aliphatic rings. The summed E-state index contributed by atoms with van der Waals surface area (Å²) in [5.41, 5.74) is 1.60. The Hall–Kier alpha value is -3.68. The smallest absolute Gasteiger partial charge is 0.295 e. The molecule has 1 saturated carbocycles. The van der Waals surface area contributed by atoms with E-state index in [2.05, 4.69) is 0 Å². The molecule has 1 aliphatic heterocycles. The zero-order valence-corrected chi connectivity index (χ0v) is 18.7. The maximum Gasteiger partial charge on any atom is 0.295 e. The molecule has 0 spiro atoms. The molecule has 2 aromatic carbocycles. The topological polar surface area (TPSA) is 104 Å². The molecule has 33 heavy (non-hydrogen) atoms. The van der Waals surface area contributed by atoms with Gasteiger partial charge in [-0.05, 0) is 30.5 Å². The van der Waals surface area contributed by atoms with Gasteiger partial charge >= 0.3 is 0 Å². The molecule has 8 heteroatoms. The molecule has 172 valence electrons. The lowest BCUT2D eigenvalue weighted by Gasteiger charge is -2.35. The minimum absolute atomic E-state index is 0.0244. The molecule has 0 radical (unpaired) electrons. The highest BCUT2D eigenvalue weighted by Gasteiger charge is 2.48. The maximum absolute atomic E-state index is 13.2. The zero-order valence-electron chi connectivity index (χ0n) is 18.7. The number of hydrogen-bond donors (Lipinski definition) is 1. The number of rotatable bonds is 5. The third-order valence-corrected chi connectivity index (χ3v) is 6.50. The minimum Gasteiger partial charge on any atom is -0.507 e. The van der Waals surface area contributed by atoms with Crippen molar-refractivity contribution in [2.45, 2.75) is 44.2 Å². The fraction of sp³-hybridized carbons (Fsp3) is 0.360. The molecule has 8 nitrogen and oxygen atoms in total. The number of nitrogens with zero attached hydrogens (tertiary/aromatic N) is 3. The van der Waals surface area contributed by atoms with E-state index in [1.165, 1.54) is 24.3 Å². The molecule has 1 atom stereocenters. The first-order valence-electron chi connectivity index (χ1n) is 11.1. The van der Waals surface area contributed by atoms with Gasteiger partial charge in [-0.3, -0.25) is 19.7 Å². The van der Waals surface area contributed by atoms with Crippen molar-refractivity contribution in [2.75, 3.05) is 19.0 Å². The number of ketones is 1. The fourth-order valence-electron chi connectivity index (χ4n) is 4.79. The van der Waals surface area contributed by atoms with Crippen molar-refractivity contribution in [1.29, 1.82) is 0 Å². The molecular weight excluding hydrogens is 422 g/mol. The van der Waals surface area contributed by atoms with Crippen LogP contribution in [-0.2, 0) is 9.59 Å². The van der Waals surface area contributed by atoms with E-state index in [0.29, 0.717) is 0 Å². The Morgan fingerprint density at radius 1 is 1.06 bits per heavy atom. The summed E-state index contributed by atoms with van der Waals surface area (Å²) in [4.78, 5) is 40.6. The van der Waals surface area contributed by atoms with Crippen molar-refractivity contribution < 1.29 is 19.6 Å². The van der Waals surface area contributed by atoms with Crippen LogP contribution in [0.1, 0.15) is 49.3 Å². The summed E-state index contributed by atoms with van der Waals surface area (Å²) in [7, 11) is 3.84. The summed E-state index contributed by atoms with van der Waals surface area (Å²) in [5, 5.41) is 22.4. The second kappa shape index (κ2) is 9.05. The molecule has 0 aromatic heterocycles. The van der Waals surface area contributed by atoms with Crippen molar-refractivity contribution in [2.24, 2.45) is 0 Å². The van der Waals surface area contributed by atoms with Crippen LogP contribution in [0.4, 0.5) is 11.4 Å². The zero-order chi connectivity index (χ0) is 23.7. The lowest BCUT2D eigenvalue weighted by molar-refractivity contribution is -0.384. The van der Waals surface area contributed by atoms with Gasteiger partial charge in [0.25, 0.3) is 17.4 Å². The second-order valence-corrected chi connectivity index (χ2v) is 8.79. The lowest BCUT2D eigenvalue weighted by atomic mass is 9.91. The molecule has 4 rings (SSSR count). The Morgan fingerprint density at radius 2 is 1.73 bits per heavy atom. The van der Waals surface area contributed by atoms with Crippen LogP contribution in [0.3, 0.4) is 0 Å². The molecule has 1 unspecified atom stereocenters. The number of amides is 1. The van der Waals surface area contributed by atoms with Crippen LogP contribution in [0, 0.1) is 10.1 Å². The first-order chi connectivity index (χ1) is 15.8. The molecule has 0 bridgehead atoms. The Kier molecular flexibility index (Phi) is 6.18. The van der Waals surface area contributed by atoms with Gasteiger partial charge in [-0.1, -0.05) is 43.5 Å². The number of anilines is 1. The number of likely N-dealkylation sites (tertiary alicyclic amines) is 1. The van der Waals surface area contributed by atoms with Gasteiger partial charge in [-0.2, -0.15) is 0 Å². The van der Waals surface area contributed by atoms with Crippen LogP contribution < -0.4 is 4.90 Å². The van der Waals surface area contributed by atoms with E-state index in [0.717, 1.165) is 43.4 Å². The first kappa shape index (κ1) is 22.5. The monoisotopic (exact) mass is 449 g/mol. The van der Waals surface area contributed by atoms with Gasteiger partial charge in [0.05, 0.1) is 16.5 Å². The largest absolute Gasteiger partial charge is 0.507 e. The Bertz CT molecular complexity index is 1120. The number of carbonyl (C=O) groups is 2. The summed E-state index contributed by atoms with van der Waals surface area (Å²) < 4.78 is 0. The predicted octanol–water partition coefficient (Wildman–Crippen LogP) is 4.42. The van der Waals surface area contributed by atoms with Gasteiger partial charge in [-0.25, -0.2) is 0 Å². The highest BCUT2D eigenvalue weighted by atomic mass is 16.6. The standard InChI is InChI=1S/C25H27N3O5/c1-26(2)18-13-11-16(12-14-18)22-21(23(29)17-7-6-10-20(15-17)28(32)33)24(30)25(31)27(22)19-8-4-3-5-9-19/h6-7,10-15,19,22,29H,3-5,8-9H2,1-2H3/b23-21-. The highest BCUT2D eigenvalue weighted by Crippen LogP contribution is 2.43. The average molecular weight is 450 g/mol. The van der Waals surface area contributed by atoms with Gasteiger partial charge < -0.3 is 14.9 Å². The average Bonchev–Trinajstić information content (AvgIpc) is 3.09. The molecule has 1 N–H and O–H groups in total. The van der Waals surface area contributed by atoms with E-state index in [4.69, 9.17) is 0 Å². The van der Waals surface area contributed by atoms with Gasteiger partial charge in [0.15, 0.2) is 0 Å². The predicted molar refractivity (Wildman–Crippen MR) is 125 cm³/mol. The van der Waals surface area contributed by atoms with Crippen LogP contribution >= 0.6 is 0 Å². The number of aliphatic hydroxyl groups is 1. The van der Waals surface area contributed by atoms with E-state index in [1.54, 1.807) is 4.90 Å². The van der Waals surface area contributed by atoms with Crippen LogP contribution in [0.5, 0.6) is 0 Å². The lowest BCUT2D eigenvalue weighted by Crippen LogP contribution is -2.40. The number of non-ortho nitro benzene ring substituents is 1. The maximum atomic E-state index is 13.2. The minimum atomic E-state index is -0.758. The third-order valence-electron chi connectivity index (χ3n) is 6.50. The molecule has 2 aromatic rings. The van der Waals surface area contributed by atoms with Crippen molar-refractivity contribution in [3.05, 3.63) is 75.3 Å². The van der Waals surface area contributed by atoms with Crippen LogP contribution in [0.15, 0.2) is 54.1 Å². The normalized spacial score (nSPS) is 20.8. The number of nitro groups is 1. The highest BCUT2D eigenvalue weighted by molar-refractivity contribution is 6.46. The second-order valence-electron chi connectivity index (χ2n) is 8.79. The summed E-state index contributed by atoms with van der Waals surface area (Å²) in [6.45, 7) is 0. The number of aliphatic hydroxyl groups excluding tert-OH is 1. The van der Waals surface area contributed by atoms with Crippen molar-refractivity contribution in [1.82, 2.24) is 4.90 Å². The van der Waals surface area contributed by atoms with E-state index in [9.17, 15) is 24.8 Å². The summed E-state index contributed by atoms with van der Waals surface area (Å²) in [6.07, 6.45) is 4.65. The SMILES string of the molecule is CN(C)c1ccc(C2/C(=C(/O)c3cccc([N+](=O)[O-])c3)C(=O)C(=O)N2C2CCCCC2)cc1. The van der Waals surface area contributed by atoms with E-state index in [1.807, 2.05) is 43.3 Å². The van der Waals surface area contributed by atoms with Crippen molar-refractivity contribution in [3.63, 3.8) is 0 Å². The van der Waals surface area contributed by atoms with Gasteiger partial charge in [0.2, 0.25) is 0 Å². The van der Waals surface area contributed by atoms with Crippen LogP contribution in [-0.4, -0.2) is 46.8 Å². The molecule has 1 amide bonds. The molecule has 2 fully saturated rings. The molecule has 1 saturated heterocycles. The summed E-state index contributed by atoms with van der Waals surface area (Å²) in [6, 6.07) is 12.2. The molecule has 1 heterocycles. The van der Waals surface area contributed by atoms with Crippen molar-refractivity contribution >= 4 is 28.8 Å². The van der Waals surface area contributed by atoms with E-state index in [-0.39, 0.29) is 22.9 Å². The van der Waals surface area contributed by atoms with Crippen molar-refractivity contribution in [3.8, 4) is 0 Å². The number of benzene rings is 2. The van der Waals surface area contributed by atoms with Crippen LogP contribution in [0.25, 0.3) is 5.76 Å². The fourth-order valence-corrected chi connectivity index (χ4v) is 4.79. The van der Waals surface area contributed by atoms with Crippen LogP contribution in [0.2, 0.25) is 0 Å². The quantitative estimate of drug-likeness (QED) is 0.238. The first-order valence-corrected chi connectivity index (χ1v) is 11.1. The summed E-state index contributed by atoms with van der Waals surface area (Å²) >= 11 is 0. The summed E-state index contributed by atoms with van der Waals surface area (Å²) in [5.74, 6) is -1.78. The molecular formula is C25H27N3O5. The van der Waals surface area contributed by atoms with Gasteiger partial charge in [0, 0.05) is 43.5 Å². The Morgan fingerprint density at radius 3 is 2.33 bits per heavy atom. The molecule has 1 aliphatic carbocycles. The Labute approximate surface area is 192 Å². The van der Waals surface area contributed by atoms with E-state index < -0.39 is 28.4 Å². The third kappa shape index (κ3) is 4.20. The number of hydrogen-bond acceptors (Lipinski definition) is 6. The van der Waals surface area contributed by atoms with Gasteiger partial charge in [0.1, 0.15) is 5.76 Å².